The number of benzene rings is 3. The summed E-state index contributed by atoms with van der Waals surface area (Å²) in [5.74, 6) is -0.168. The largest absolute Gasteiger partial charge is 0.503 e. The van der Waals surface area contributed by atoms with E-state index in [1.54, 1.807) is 24.3 Å². The van der Waals surface area contributed by atoms with Crippen LogP contribution in [0.5, 0.6) is 5.75 Å². The van der Waals surface area contributed by atoms with Gasteiger partial charge in [-0.3, -0.25) is 0 Å². The molecule has 3 aromatic rings. The maximum Gasteiger partial charge on any atom is 0.247 e. The molecule has 0 aliphatic heterocycles. The van der Waals surface area contributed by atoms with Crippen molar-refractivity contribution in [3.8, 4) is 5.75 Å². The molecule has 4 nitrogen and oxygen atoms in total. The van der Waals surface area contributed by atoms with E-state index < -0.39 is 4.81 Å². The minimum atomic E-state index is -1.49. The molecule has 3 N–H and O–H groups in total. The van der Waals surface area contributed by atoms with E-state index in [-0.39, 0.29) is 17.1 Å². The zero-order chi connectivity index (χ0) is 15.0. The Bertz CT molecular complexity index is 812. The van der Waals surface area contributed by atoms with E-state index in [1.807, 2.05) is 37.3 Å². The fourth-order valence-corrected chi connectivity index (χ4v) is 2.39. The summed E-state index contributed by atoms with van der Waals surface area (Å²) in [5.41, 5.74) is 1.11. The lowest BCUT2D eigenvalue weighted by Gasteiger charge is -2.21. The predicted octanol–water partition coefficient (Wildman–Crippen LogP) is 4.27. The van der Waals surface area contributed by atoms with Gasteiger partial charge < -0.3 is 5.11 Å². The summed E-state index contributed by atoms with van der Waals surface area (Å²) in [6.07, 6.45) is 0. The summed E-state index contributed by atoms with van der Waals surface area (Å²) in [5, 5.41) is 32.7. The van der Waals surface area contributed by atoms with Crippen molar-refractivity contribution >= 4 is 22.1 Å². The number of rotatable bonds is 2. The van der Waals surface area contributed by atoms with Gasteiger partial charge in [-0.15, -0.1) is 0 Å². The molecular weight excluding hydrogens is 266 g/mol. The first-order chi connectivity index (χ1) is 9.98. The SMILES string of the molecule is Cc1ccc(O)c([N+](O)(O)c2ccc3ccccc3c2)c1. The average molecular weight is 282 g/mol. The maximum absolute atomic E-state index is 10.5. The van der Waals surface area contributed by atoms with E-state index in [0.717, 1.165) is 16.3 Å². The summed E-state index contributed by atoms with van der Waals surface area (Å²) < 4.78 is 0. The third kappa shape index (κ3) is 2.36. The number of quaternary nitrogens is 1. The molecule has 21 heavy (non-hydrogen) atoms. The number of phenolic OH excluding ortho intramolecular Hbond substituents is 1. The fraction of sp³-hybridized carbons (Fsp3) is 0.0588. The van der Waals surface area contributed by atoms with Gasteiger partial charge in [0.2, 0.25) is 11.4 Å². The van der Waals surface area contributed by atoms with Gasteiger partial charge in [-0.2, -0.15) is 10.4 Å². The Morgan fingerprint density at radius 2 is 1.52 bits per heavy atom. The molecule has 3 rings (SSSR count). The molecule has 0 fully saturated rings. The van der Waals surface area contributed by atoms with Crippen LogP contribution in [0.2, 0.25) is 0 Å². The number of phenols is 1. The molecule has 4 heteroatoms. The Kier molecular flexibility index (Phi) is 3.14. The van der Waals surface area contributed by atoms with Crippen molar-refractivity contribution in [3.63, 3.8) is 0 Å². The molecule has 0 aromatic heterocycles. The van der Waals surface area contributed by atoms with Crippen LogP contribution >= 0.6 is 0 Å². The number of aromatic hydroxyl groups is 1. The minimum absolute atomic E-state index is 0.0188. The van der Waals surface area contributed by atoms with Gasteiger partial charge in [-0.25, -0.2) is 0 Å². The molecule has 0 spiro atoms. The van der Waals surface area contributed by atoms with Crippen molar-refractivity contribution < 1.29 is 15.5 Å². The summed E-state index contributed by atoms with van der Waals surface area (Å²) in [6.45, 7) is 1.82. The third-order valence-corrected chi connectivity index (χ3v) is 3.56. The van der Waals surface area contributed by atoms with Crippen LogP contribution < -0.4 is 4.81 Å². The molecule has 0 atom stereocenters. The van der Waals surface area contributed by atoms with Crippen LogP contribution in [0, 0.1) is 6.92 Å². The summed E-state index contributed by atoms with van der Waals surface area (Å²) in [6, 6.07) is 17.5. The second kappa shape index (κ2) is 4.86. The third-order valence-electron chi connectivity index (χ3n) is 3.56. The van der Waals surface area contributed by atoms with E-state index in [2.05, 4.69) is 0 Å². The molecule has 0 saturated heterocycles. The van der Waals surface area contributed by atoms with Crippen molar-refractivity contribution in [1.82, 2.24) is 4.81 Å². The van der Waals surface area contributed by atoms with Crippen LogP contribution in [0.3, 0.4) is 0 Å². The van der Waals surface area contributed by atoms with Gasteiger partial charge >= 0.3 is 0 Å². The highest BCUT2D eigenvalue weighted by molar-refractivity contribution is 5.85. The normalized spacial score (nSPS) is 11.8. The van der Waals surface area contributed by atoms with Crippen LogP contribution in [0.1, 0.15) is 5.56 Å². The van der Waals surface area contributed by atoms with Gasteiger partial charge in [0.25, 0.3) is 0 Å². The standard InChI is InChI=1S/C17H15NO3/c1-12-6-9-17(19)16(10-12)18(20,21)15-8-7-13-4-2-3-5-14(13)11-15/h2-11,20-21H,1H3/p+1. The summed E-state index contributed by atoms with van der Waals surface area (Å²) >= 11 is 0. The fourth-order valence-electron chi connectivity index (χ4n) is 2.39. The van der Waals surface area contributed by atoms with Crippen LogP contribution in [0.25, 0.3) is 10.8 Å². The maximum atomic E-state index is 10.5. The monoisotopic (exact) mass is 282 g/mol. The van der Waals surface area contributed by atoms with Crippen molar-refractivity contribution in [1.29, 1.82) is 0 Å². The van der Waals surface area contributed by atoms with E-state index in [4.69, 9.17) is 0 Å². The Balaban J connectivity index is 2.17. The van der Waals surface area contributed by atoms with E-state index in [0.29, 0.717) is 0 Å². The average Bonchev–Trinajstić information content (AvgIpc) is 2.49. The van der Waals surface area contributed by atoms with Gasteiger partial charge in [0.1, 0.15) is 0 Å². The van der Waals surface area contributed by atoms with E-state index in [1.165, 1.54) is 6.07 Å². The van der Waals surface area contributed by atoms with Gasteiger partial charge in [0.15, 0.2) is 5.75 Å². The molecule has 0 saturated carbocycles. The van der Waals surface area contributed by atoms with Gasteiger partial charge in [0.05, 0.1) is 0 Å². The highest BCUT2D eigenvalue weighted by Crippen LogP contribution is 2.38. The predicted molar refractivity (Wildman–Crippen MR) is 81.8 cm³/mol. The Morgan fingerprint density at radius 3 is 2.29 bits per heavy atom. The van der Waals surface area contributed by atoms with Gasteiger partial charge in [-0.05, 0) is 35.4 Å². The molecule has 0 heterocycles. The first kappa shape index (κ1) is 13.6. The quantitative estimate of drug-likeness (QED) is 0.486. The minimum Gasteiger partial charge on any atom is -0.503 e. The highest BCUT2D eigenvalue weighted by Gasteiger charge is 2.34. The Morgan fingerprint density at radius 1 is 0.810 bits per heavy atom. The van der Waals surface area contributed by atoms with Crippen molar-refractivity contribution in [2.75, 3.05) is 0 Å². The molecule has 106 valence electrons. The van der Waals surface area contributed by atoms with Crippen LogP contribution in [-0.2, 0) is 0 Å². The zero-order valence-corrected chi connectivity index (χ0v) is 11.6. The number of hydrogen-bond donors (Lipinski definition) is 3. The van der Waals surface area contributed by atoms with E-state index in [9.17, 15) is 15.5 Å². The zero-order valence-electron chi connectivity index (χ0n) is 11.6. The Hall–Kier alpha value is -2.40. The second-order valence-electron chi connectivity index (χ2n) is 5.12. The molecule has 3 aromatic carbocycles. The lowest BCUT2D eigenvalue weighted by molar-refractivity contribution is -0.245. The number of fused-ring (bicyclic) bond motifs is 1. The lowest BCUT2D eigenvalue weighted by Crippen LogP contribution is -2.36. The van der Waals surface area contributed by atoms with Crippen LogP contribution in [0.15, 0.2) is 60.7 Å². The highest BCUT2D eigenvalue weighted by atomic mass is 16.8. The molecule has 0 bridgehead atoms. The second-order valence-corrected chi connectivity index (χ2v) is 5.12. The summed E-state index contributed by atoms with van der Waals surface area (Å²) in [7, 11) is 0. The van der Waals surface area contributed by atoms with Crippen LogP contribution in [0.4, 0.5) is 11.4 Å². The molecule has 0 aliphatic carbocycles. The number of hydrogen-bond acceptors (Lipinski definition) is 3. The first-order valence-electron chi connectivity index (χ1n) is 6.62. The number of aryl methyl sites for hydroxylation is 1. The van der Waals surface area contributed by atoms with Crippen molar-refractivity contribution in [2.24, 2.45) is 0 Å². The van der Waals surface area contributed by atoms with Crippen molar-refractivity contribution in [3.05, 3.63) is 66.2 Å². The van der Waals surface area contributed by atoms with Crippen LogP contribution in [-0.4, -0.2) is 15.5 Å². The van der Waals surface area contributed by atoms with Crippen molar-refractivity contribution in [2.45, 2.75) is 6.92 Å². The van der Waals surface area contributed by atoms with E-state index >= 15 is 0 Å². The molecule has 0 radical (unpaired) electrons. The summed E-state index contributed by atoms with van der Waals surface area (Å²) in [4.78, 5) is -1.49. The molecule has 0 unspecified atom stereocenters. The lowest BCUT2D eigenvalue weighted by atomic mass is 10.1. The Labute approximate surface area is 122 Å². The van der Waals surface area contributed by atoms with Gasteiger partial charge in [0, 0.05) is 23.0 Å². The molecular formula is C17H16NO3+. The first-order valence-corrected chi connectivity index (χ1v) is 6.62. The van der Waals surface area contributed by atoms with Gasteiger partial charge in [-0.1, -0.05) is 30.3 Å². The molecule has 0 aliphatic rings. The smallest absolute Gasteiger partial charge is 0.247 e. The molecule has 0 amide bonds. The number of nitrogens with zero attached hydrogens (tertiary/aromatic N) is 1. The topological polar surface area (TPSA) is 60.7 Å².